The van der Waals surface area contributed by atoms with Crippen molar-refractivity contribution >= 4 is 23.8 Å². The fourth-order valence-corrected chi connectivity index (χ4v) is 3.81. The van der Waals surface area contributed by atoms with Crippen LogP contribution in [0.15, 0.2) is 24.3 Å². The zero-order chi connectivity index (χ0) is 25.3. The minimum absolute atomic E-state index is 0.189. The Labute approximate surface area is 191 Å². The van der Waals surface area contributed by atoms with Crippen molar-refractivity contribution in [2.24, 2.45) is 0 Å². The summed E-state index contributed by atoms with van der Waals surface area (Å²) in [5.74, 6) is -14.3. The highest BCUT2D eigenvalue weighted by Crippen LogP contribution is 2.32. The highest BCUT2D eigenvalue weighted by Gasteiger charge is 2.33. The molecule has 0 saturated carbocycles. The highest BCUT2D eigenvalue weighted by atomic mass is 19.2. The highest BCUT2D eigenvalue weighted by molar-refractivity contribution is 5.93. The first-order chi connectivity index (χ1) is 16.0. The van der Waals surface area contributed by atoms with Gasteiger partial charge in [0.2, 0.25) is 34.8 Å². The van der Waals surface area contributed by atoms with Crippen molar-refractivity contribution in [3.63, 3.8) is 0 Å². The van der Waals surface area contributed by atoms with Gasteiger partial charge in [-0.2, -0.15) is 8.78 Å². The first kappa shape index (κ1) is 25.0. The number of benzene rings is 2. The number of hydrogen-bond acceptors (Lipinski definition) is 4. The second-order valence-electron chi connectivity index (χ2n) is 7.85. The summed E-state index contributed by atoms with van der Waals surface area (Å²) in [6.45, 7) is 5.94. The molecule has 1 saturated heterocycles. The zero-order valence-corrected chi connectivity index (χ0v) is 18.4. The van der Waals surface area contributed by atoms with Crippen molar-refractivity contribution in [1.29, 1.82) is 0 Å². The zero-order valence-electron chi connectivity index (χ0n) is 18.4. The van der Waals surface area contributed by atoms with E-state index in [1.54, 1.807) is 32.1 Å². The molecule has 1 aliphatic heterocycles. The molecule has 3 rings (SSSR count). The van der Waals surface area contributed by atoms with E-state index in [1.807, 2.05) is 11.8 Å². The summed E-state index contributed by atoms with van der Waals surface area (Å²) in [7, 11) is 0. The molecule has 2 aromatic rings. The number of esters is 1. The number of ether oxygens (including phenoxy) is 1. The van der Waals surface area contributed by atoms with Crippen molar-refractivity contribution in [3.05, 3.63) is 64.5 Å². The van der Waals surface area contributed by atoms with Crippen LogP contribution < -0.4 is 9.64 Å². The molecule has 34 heavy (non-hydrogen) atoms. The van der Waals surface area contributed by atoms with Crippen molar-refractivity contribution in [1.82, 2.24) is 4.90 Å². The second-order valence-corrected chi connectivity index (χ2v) is 7.85. The maximum Gasteiger partial charge on any atom is 0.407 e. The summed E-state index contributed by atoms with van der Waals surface area (Å²) in [5.41, 5.74) is 0.984. The summed E-state index contributed by atoms with van der Waals surface area (Å²) in [5, 5.41) is 9.35. The third kappa shape index (κ3) is 4.55. The second kappa shape index (κ2) is 9.70. The van der Waals surface area contributed by atoms with E-state index < -0.39 is 46.9 Å². The molecule has 1 amide bonds. The number of halogens is 5. The fraction of sp³-hybridized carbons (Fsp3) is 0.304. The average Bonchev–Trinajstić information content (AvgIpc) is 2.80. The van der Waals surface area contributed by atoms with Crippen LogP contribution in [0.4, 0.5) is 32.4 Å². The molecule has 0 unspecified atom stereocenters. The van der Waals surface area contributed by atoms with Crippen LogP contribution in [-0.4, -0.2) is 47.2 Å². The first-order valence-electron chi connectivity index (χ1n) is 10.2. The monoisotopic (exact) mass is 484 g/mol. The van der Waals surface area contributed by atoms with Gasteiger partial charge in [0.05, 0.1) is 5.56 Å². The van der Waals surface area contributed by atoms with Crippen LogP contribution in [0.5, 0.6) is 5.75 Å². The van der Waals surface area contributed by atoms with Gasteiger partial charge in [-0.3, -0.25) is 0 Å². The quantitative estimate of drug-likeness (QED) is 0.212. The lowest BCUT2D eigenvalue weighted by atomic mass is 10.0. The van der Waals surface area contributed by atoms with Gasteiger partial charge in [0.1, 0.15) is 0 Å². The van der Waals surface area contributed by atoms with E-state index in [9.17, 15) is 36.6 Å². The van der Waals surface area contributed by atoms with Crippen LogP contribution in [0.2, 0.25) is 0 Å². The Hall–Kier alpha value is -3.63. The van der Waals surface area contributed by atoms with E-state index in [1.165, 1.54) is 17.0 Å². The Bertz CT molecular complexity index is 1140. The number of rotatable bonds is 4. The molecule has 11 heteroatoms. The Balaban J connectivity index is 1.94. The number of nitrogens with zero attached hydrogens (tertiary/aromatic N) is 2. The maximum absolute atomic E-state index is 13.9. The molecule has 1 aliphatic rings. The lowest BCUT2D eigenvalue weighted by Gasteiger charge is -2.44. The van der Waals surface area contributed by atoms with Crippen molar-refractivity contribution in [2.45, 2.75) is 32.9 Å². The summed E-state index contributed by atoms with van der Waals surface area (Å²) in [6, 6.07) is 3.67. The van der Waals surface area contributed by atoms with Gasteiger partial charge in [-0.1, -0.05) is 12.2 Å². The smallest absolute Gasteiger partial charge is 0.407 e. The maximum atomic E-state index is 13.9. The average molecular weight is 484 g/mol. The van der Waals surface area contributed by atoms with E-state index in [0.29, 0.717) is 17.8 Å². The van der Waals surface area contributed by atoms with Gasteiger partial charge < -0.3 is 19.6 Å². The van der Waals surface area contributed by atoms with Gasteiger partial charge >= 0.3 is 12.1 Å². The molecule has 0 aromatic heterocycles. The molecule has 2 aromatic carbocycles. The normalized spacial score (nSPS) is 18.5. The lowest BCUT2D eigenvalue weighted by molar-refractivity contribution is 0.0715. The standard InChI is InChI=1S/C23H21F5N2O4/c1-4-5-13-8-14(22(31)34-21-19(27)17(25)16(24)18(26)20(21)28)6-7-15(13)29-9-12(3)30(23(32)33)10-11(29)2/h4-8,11-12H,9-10H2,1-3H3,(H,32,33)/b5-4-/t11-,12+/m0/s1. The molecule has 182 valence electrons. The van der Waals surface area contributed by atoms with Crippen molar-refractivity contribution < 1.29 is 41.4 Å². The molecule has 1 N–H and O–H groups in total. The van der Waals surface area contributed by atoms with Gasteiger partial charge in [0, 0.05) is 30.9 Å². The largest absolute Gasteiger partial charge is 0.465 e. The molecule has 2 atom stereocenters. The number of piperazine rings is 1. The van der Waals surface area contributed by atoms with E-state index in [4.69, 9.17) is 0 Å². The number of carbonyl (C=O) groups excluding carboxylic acids is 1. The van der Waals surface area contributed by atoms with E-state index in [-0.39, 0.29) is 24.2 Å². The minimum atomic E-state index is -2.36. The summed E-state index contributed by atoms with van der Waals surface area (Å²) in [4.78, 5) is 27.2. The molecule has 0 spiro atoms. The van der Waals surface area contributed by atoms with E-state index >= 15 is 0 Å². The van der Waals surface area contributed by atoms with Crippen LogP contribution in [0.1, 0.15) is 36.7 Å². The van der Waals surface area contributed by atoms with Gasteiger partial charge in [0.25, 0.3) is 0 Å². The van der Waals surface area contributed by atoms with Crippen LogP contribution in [-0.2, 0) is 0 Å². The number of carboxylic acid groups (broad SMARTS) is 1. The Kier molecular flexibility index (Phi) is 7.13. The molecular weight excluding hydrogens is 463 g/mol. The molecule has 6 nitrogen and oxygen atoms in total. The Morgan fingerprint density at radius 2 is 1.56 bits per heavy atom. The number of allylic oxidation sites excluding steroid dienone is 1. The van der Waals surface area contributed by atoms with Crippen molar-refractivity contribution in [3.8, 4) is 5.75 Å². The fourth-order valence-electron chi connectivity index (χ4n) is 3.81. The molecule has 1 heterocycles. The SMILES string of the molecule is C/C=C\c1cc(C(=O)Oc2c(F)c(F)c(F)c(F)c2F)ccc1N1C[C@@H](C)N(C(=O)O)C[C@@H]1C. The van der Waals surface area contributed by atoms with E-state index in [0.717, 1.165) is 0 Å². The van der Waals surface area contributed by atoms with Crippen LogP contribution in [0, 0.1) is 29.1 Å². The van der Waals surface area contributed by atoms with Gasteiger partial charge in [0.15, 0.2) is 0 Å². The number of anilines is 1. The van der Waals surface area contributed by atoms with Crippen LogP contribution in [0.3, 0.4) is 0 Å². The third-order valence-corrected chi connectivity index (χ3v) is 5.51. The predicted molar refractivity (Wildman–Crippen MR) is 113 cm³/mol. The molecule has 0 aliphatic carbocycles. The molecular formula is C23H21F5N2O4. The Morgan fingerprint density at radius 1 is 0.971 bits per heavy atom. The molecule has 0 bridgehead atoms. The third-order valence-electron chi connectivity index (χ3n) is 5.51. The van der Waals surface area contributed by atoms with Gasteiger partial charge in [-0.15, -0.1) is 0 Å². The van der Waals surface area contributed by atoms with Gasteiger partial charge in [-0.05, 0) is 44.5 Å². The topological polar surface area (TPSA) is 70.1 Å². The number of hydrogen-bond donors (Lipinski definition) is 1. The molecule has 0 radical (unpaired) electrons. The molecule has 1 fully saturated rings. The predicted octanol–water partition coefficient (Wildman–Crippen LogP) is 5.21. The first-order valence-corrected chi connectivity index (χ1v) is 10.2. The van der Waals surface area contributed by atoms with Crippen molar-refractivity contribution in [2.75, 3.05) is 18.0 Å². The van der Waals surface area contributed by atoms with Gasteiger partial charge in [-0.25, -0.2) is 22.8 Å². The van der Waals surface area contributed by atoms with Crippen LogP contribution in [0.25, 0.3) is 6.08 Å². The minimum Gasteiger partial charge on any atom is -0.465 e. The lowest BCUT2D eigenvalue weighted by Crippen LogP contribution is -2.58. The van der Waals surface area contributed by atoms with Crippen LogP contribution >= 0.6 is 0 Å². The number of amides is 1. The van der Waals surface area contributed by atoms with E-state index in [2.05, 4.69) is 4.74 Å². The summed E-state index contributed by atoms with van der Waals surface area (Å²) < 4.78 is 72.4. The summed E-state index contributed by atoms with van der Waals surface area (Å²) >= 11 is 0. The number of carbonyl (C=O) groups is 2. The Morgan fingerprint density at radius 3 is 2.12 bits per heavy atom. The summed E-state index contributed by atoms with van der Waals surface area (Å²) in [6.07, 6.45) is 2.31.